The fourth-order valence-electron chi connectivity index (χ4n) is 4.72. The average Bonchev–Trinajstić information content (AvgIpc) is 3.66. The number of nitrogens with one attached hydrogen (secondary N) is 3. The second-order valence-corrected chi connectivity index (χ2v) is 11.7. The zero-order valence-electron chi connectivity index (χ0n) is 22.2. The molecule has 12 heteroatoms. The Balaban J connectivity index is 1.41. The number of aromatic nitrogens is 1. The Labute approximate surface area is 236 Å². The third-order valence-corrected chi connectivity index (χ3v) is 8.10. The van der Waals surface area contributed by atoms with Crippen molar-refractivity contribution in [2.24, 2.45) is 5.92 Å². The van der Waals surface area contributed by atoms with Crippen molar-refractivity contribution in [3.63, 3.8) is 0 Å². The number of aromatic amines is 1. The van der Waals surface area contributed by atoms with Gasteiger partial charge in [-0.05, 0) is 65.8 Å². The fourth-order valence-corrected chi connectivity index (χ4v) is 5.31. The zero-order chi connectivity index (χ0) is 29.6. The molecule has 1 fully saturated rings. The van der Waals surface area contributed by atoms with Crippen LogP contribution in [0.4, 0.5) is 13.2 Å². The summed E-state index contributed by atoms with van der Waals surface area (Å²) >= 11 is 0. The highest BCUT2D eigenvalue weighted by molar-refractivity contribution is 7.92. The summed E-state index contributed by atoms with van der Waals surface area (Å²) in [4.78, 5) is 31.0. The van der Waals surface area contributed by atoms with Crippen molar-refractivity contribution in [3.8, 4) is 0 Å². The van der Waals surface area contributed by atoms with Gasteiger partial charge in [0.15, 0.2) is 0 Å². The van der Waals surface area contributed by atoms with Crippen molar-refractivity contribution in [1.29, 1.82) is 0 Å². The Morgan fingerprint density at radius 1 is 1.07 bits per heavy atom. The molecule has 0 saturated carbocycles. The van der Waals surface area contributed by atoms with Crippen LogP contribution in [-0.4, -0.2) is 49.8 Å². The topological polar surface area (TPSA) is 111 Å². The van der Waals surface area contributed by atoms with E-state index < -0.39 is 27.7 Å². The summed E-state index contributed by atoms with van der Waals surface area (Å²) in [7, 11) is -3.53. The van der Waals surface area contributed by atoms with Crippen molar-refractivity contribution in [2.75, 3.05) is 19.6 Å². The molecular weight excluding hydrogens is 557 g/mol. The lowest BCUT2D eigenvalue weighted by Gasteiger charge is -2.19. The van der Waals surface area contributed by atoms with E-state index in [9.17, 15) is 31.2 Å². The van der Waals surface area contributed by atoms with Gasteiger partial charge in [-0.1, -0.05) is 30.8 Å². The summed E-state index contributed by atoms with van der Waals surface area (Å²) in [6, 6.07) is 13.3. The minimum absolute atomic E-state index is 0.00737. The van der Waals surface area contributed by atoms with E-state index in [-0.39, 0.29) is 30.8 Å². The van der Waals surface area contributed by atoms with E-state index in [0.29, 0.717) is 42.6 Å². The lowest BCUT2D eigenvalue weighted by molar-refractivity contribution is -0.137. The number of rotatable bonds is 11. The Kier molecular flexibility index (Phi) is 9.34. The number of hydrogen-bond acceptors (Lipinski definition) is 4. The number of nitrogens with zero attached hydrogens (tertiary/aromatic N) is 1. The first-order chi connectivity index (χ1) is 19.4. The zero-order valence-corrected chi connectivity index (χ0v) is 23.0. The number of halogens is 3. The third-order valence-electron chi connectivity index (χ3n) is 7.09. The van der Waals surface area contributed by atoms with E-state index in [1.807, 2.05) is 6.07 Å². The minimum atomic E-state index is -4.43. The monoisotopic (exact) mass is 588 g/mol. The molecule has 3 N–H and O–H groups in total. The van der Waals surface area contributed by atoms with E-state index in [1.54, 1.807) is 41.6 Å². The SMILES string of the molecule is C=CS(=O)(=O)NC[C@H]1CCN(C(=O)c2ccc(C(Cc3cc[nH]c3)C(=O)NCc3ccc(C(F)(F)F)cc3)cc2)C1. The molecule has 1 unspecified atom stereocenters. The molecule has 1 aliphatic heterocycles. The van der Waals surface area contributed by atoms with Gasteiger partial charge in [0.25, 0.3) is 5.91 Å². The molecule has 2 amide bonds. The Morgan fingerprint density at radius 2 is 1.78 bits per heavy atom. The first kappa shape index (κ1) is 30.1. The molecule has 218 valence electrons. The maximum absolute atomic E-state index is 13.3. The number of likely N-dealkylation sites (tertiary alicyclic amines) is 1. The number of carbonyl (C=O) groups is 2. The number of hydrogen-bond donors (Lipinski definition) is 3. The molecule has 0 spiro atoms. The van der Waals surface area contributed by atoms with Crippen LogP contribution in [-0.2, 0) is 34.0 Å². The summed E-state index contributed by atoms with van der Waals surface area (Å²) in [6.07, 6.45) is 0.150. The van der Waals surface area contributed by atoms with Gasteiger partial charge in [0.2, 0.25) is 15.9 Å². The maximum atomic E-state index is 13.3. The van der Waals surface area contributed by atoms with E-state index in [4.69, 9.17) is 0 Å². The third kappa shape index (κ3) is 8.08. The van der Waals surface area contributed by atoms with Gasteiger partial charge < -0.3 is 15.2 Å². The van der Waals surface area contributed by atoms with Crippen LogP contribution in [0.3, 0.4) is 0 Å². The predicted octanol–water partition coefficient (Wildman–Crippen LogP) is 4.20. The molecule has 1 saturated heterocycles. The molecule has 4 rings (SSSR count). The van der Waals surface area contributed by atoms with Crippen LogP contribution in [0.1, 0.15) is 45.0 Å². The van der Waals surface area contributed by atoms with Crippen molar-refractivity contribution >= 4 is 21.8 Å². The highest BCUT2D eigenvalue weighted by atomic mass is 32.2. The maximum Gasteiger partial charge on any atom is 0.416 e. The molecular formula is C29H31F3N4O4S. The smallest absolute Gasteiger partial charge is 0.367 e. The summed E-state index contributed by atoms with van der Waals surface area (Å²) in [5.74, 6) is -1.08. The molecule has 2 atom stereocenters. The lowest BCUT2D eigenvalue weighted by Crippen LogP contribution is -2.32. The Morgan fingerprint density at radius 3 is 2.39 bits per heavy atom. The average molecular weight is 589 g/mol. The van der Waals surface area contributed by atoms with Gasteiger partial charge in [0, 0.05) is 49.5 Å². The van der Waals surface area contributed by atoms with Crippen LogP contribution >= 0.6 is 0 Å². The number of sulfonamides is 1. The molecule has 0 aliphatic carbocycles. The molecule has 41 heavy (non-hydrogen) atoms. The number of benzene rings is 2. The lowest BCUT2D eigenvalue weighted by atomic mass is 9.91. The molecule has 1 aromatic heterocycles. The van der Waals surface area contributed by atoms with Gasteiger partial charge in [0.1, 0.15) is 0 Å². The van der Waals surface area contributed by atoms with E-state index >= 15 is 0 Å². The van der Waals surface area contributed by atoms with E-state index in [1.165, 1.54) is 12.1 Å². The quantitative estimate of drug-likeness (QED) is 0.312. The van der Waals surface area contributed by atoms with Gasteiger partial charge in [-0.25, -0.2) is 13.1 Å². The first-order valence-corrected chi connectivity index (χ1v) is 14.6. The van der Waals surface area contributed by atoms with Gasteiger partial charge in [0.05, 0.1) is 11.5 Å². The van der Waals surface area contributed by atoms with Crippen LogP contribution in [0.25, 0.3) is 0 Å². The number of alkyl halides is 3. The standard InChI is InChI=1S/C29H31F3N4O4S/c1-2-41(39,40)35-18-22-12-14-36(19-22)28(38)24-7-5-23(6-8-24)26(15-21-11-13-33-16-21)27(37)34-17-20-3-9-25(10-4-20)29(30,31)32/h2-11,13,16,22,26,33,35H,1,12,14-15,17-19H2,(H,34,37)/t22-,26?/m1/s1. The summed E-state index contributed by atoms with van der Waals surface area (Å²) in [5, 5.41) is 3.67. The summed E-state index contributed by atoms with van der Waals surface area (Å²) < 4.78 is 64.2. The van der Waals surface area contributed by atoms with Crippen LogP contribution in [0, 0.1) is 5.92 Å². The van der Waals surface area contributed by atoms with E-state index in [2.05, 4.69) is 21.6 Å². The molecule has 2 aromatic carbocycles. The van der Waals surface area contributed by atoms with Gasteiger partial charge >= 0.3 is 6.18 Å². The van der Waals surface area contributed by atoms with Gasteiger partial charge in [-0.3, -0.25) is 9.59 Å². The van der Waals surface area contributed by atoms with Crippen LogP contribution in [0.5, 0.6) is 0 Å². The highest BCUT2D eigenvalue weighted by Gasteiger charge is 2.30. The van der Waals surface area contributed by atoms with Crippen molar-refractivity contribution in [3.05, 3.63) is 107 Å². The predicted molar refractivity (Wildman–Crippen MR) is 148 cm³/mol. The van der Waals surface area contributed by atoms with E-state index in [0.717, 1.165) is 23.1 Å². The fraction of sp³-hybridized carbons (Fsp3) is 0.310. The first-order valence-electron chi connectivity index (χ1n) is 13.0. The van der Waals surface area contributed by atoms with Crippen LogP contribution < -0.4 is 10.0 Å². The largest absolute Gasteiger partial charge is 0.416 e. The molecule has 1 aliphatic rings. The van der Waals surface area contributed by atoms with Crippen LogP contribution in [0.15, 0.2) is 79.0 Å². The van der Waals surface area contributed by atoms with Crippen molar-refractivity contribution in [1.82, 2.24) is 19.9 Å². The molecule has 8 nitrogen and oxygen atoms in total. The second kappa shape index (κ2) is 12.7. The number of H-pyrrole nitrogens is 1. The van der Waals surface area contributed by atoms with Gasteiger partial charge in [-0.2, -0.15) is 13.2 Å². The highest BCUT2D eigenvalue weighted by Crippen LogP contribution is 2.29. The molecule has 0 radical (unpaired) electrons. The molecule has 2 heterocycles. The van der Waals surface area contributed by atoms with Gasteiger partial charge in [-0.15, -0.1) is 0 Å². The summed E-state index contributed by atoms with van der Waals surface area (Å²) in [6.45, 7) is 4.48. The number of carbonyl (C=O) groups excluding carboxylic acids is 2. The minimum Gasteiger partial charge on any atom is -0.367 e. The Bertz CT molecular complexity index is 1460. The molecule has 3 aromatic rings. The summed E-state index contributed by atoms with van der Waals surface area (Å²) in [5.41, 5.74) is 1.82. The van der Waals surface area contributed by atoms with Crippen LogP contribution in [0.2, 0.25) is 0 Å². The number of amides is 2. The normalized spacial score (nSPS) is 16.4. The molecule has 0 bridgehead atoms. The second-order valence-electron chi connectivity index (χ2n) is 9.98. The van der Waals surface area contributed by atoms with Crippen molar-refractivity contribution in [2.45, 2.75) is 31.5 Å². The Hall–Kier alpha value is -3.90. The van der Waals surface area contributed by atoms with Crippen molar-refractivity contribution < 1.29 is 31.2 Å².